The molecule has 2 aromatic carbocycles. The minimum absolute atomic E-state index is 0.379. The molecule has 0 aliphatic heterocycles. The molecule has 0 bridgehead atoms. The van der Waals surface area contributed by atoms with Gasteiger partial charge < -0.3 is 14.8 Å². The van der Waals surface area contributed by atoms with Crippen LogP contribution in [0.2, 0.25) is 5.02 Å². The zero-order valence-corrected chi connectivity index (χ0v) is 15.1. The van der Waals surface area contributed by atoms with Gasteiger partial charge in [-0.1, -0.05) is 45.7 Å². The molecule has 1 unspecified atom stereocenters. The average molecular weight is 413 g/mol. The number of esters is 1. The normalized spacial score (nSPS) is 11.5. The summed E-state index contributed by atoms with van der Waals surface area (Å²) in [5.74, 6) is -0.566. The lowest BCUT2D eigenvalue weighted by molar-refractivity contribution is -0.153. The Labute approximate surface area is 153 Å². The fourth-order valence-electron chi connectivity index (χ4n) is 1.78. The molecule has 0 saturated carbocycles. The van der Waals surface area contributed by atoms with Gasteiger partial charge >= 0.3 is 5.97 Å². The van der Waals surface area contributed by atoms with Gasteiger partial charge in [0, 0.05) is 4.47 Å². The van der Waals surface area contributed by atoms with Crippen LogP contribution in [-0.2, 0) is 14.3 Å². The second-order valence-electron chi connectivity index (χ2n) is 4.85. The van der Waals surface area contributed by atoms with Crippen molar-refractivity contribution in [2.45, 2.75) is 13.0 Å². The largest absolute Gasteiger partial charge is 0.479 e. The van der Waals surface area contributed by atoms with Crippen molar-refractivity contribution in [1.29, 1.82) is 0 Å². The maximum atomic E-state index is 11.9. The zero-order chi connectivity index (χ0) is 17.5. The number of carbonyl (C=O) groups excluding carboxylic acids is 2. The van der Waals surface area contributed by atoms with Crippen LogP contribution in [0, 0.1) is 0 Å². The number of hydrogen-bond donors (Lipinski definition) is 1. The van der Waals surface area contributed by atoms with Gasteiger partial charge in [-0.05, 0) is 37.3 Å². The van der Waals surface area contributed by atoms with Gasteiger partial charge in [0.15, 0.2) is 12.7 Å². The third-order valence-electron chi connectivity index (χ3n) is 2.94. The Morgan fingerprint density at radius 3 is 2.58 bits per heavy atom. The molecule has 1 N–H and O–H groups in total. The van der Waals surface area contributed by atoms with Crippen LogP contribution in [0.3, 0.4) is 0 Å². The number of halogens is 2. The van der Waals surface area contributed by atoms with E-state index in [9.17, 15) is 9.59 Å². The monoisotopic (exact) mass is 411 g/mol. The van der Waals surface area contributed by atoms with Gasteiger partial charge in [-0.25, -0.2) is 4.79 Å². The minimum atomic E-state index is -0.823. The average Bonchev–Trinajstić information content (AvgIpc) is 2.56. The topological polar surface area (TPSA) is 64.6 Å². The molecular weight excluding hydrogens is 398 g/mol. The van der Waals surface area contributed by atoms with Crippen LogP contribution in [-0.4, -0.2) is 24.6 Å². The van der Waals surface area contributed by atoms with E-state index in [-0.39, 0.29) is 0 Å². The van der Waals surface area contributed by atoms with Crippen molar-refractivity contribution in [1.82, 2.24) is 0 Å². The summed E-state index contributed by atoms with van der Waals surface area (Å²) in [5, 5.41) is 2.95. The van der Waals surface area contributed by atoms with Gasteiger partial charge in [-0.2, -0.15) is 0 Å². The molecule has 0 radical (unpaired) electrons. The number of rotatable bonds is 6. The number of carbonyl (C=O) groups is 2. The predicted octanol–water partition coefficient (Wildman–Crippen LogP) is 4.05. The lowest BCUT2D eigenvalue weighted by Crippen LogP contribution is -2.29. The molecule has 1 atom stereocenters. The standard InChI is InChI=1S/C17H15BrClNO4/c1-11(24-13-5-3-2-4-6-13)17(22)23-10-16(21)20-15-8-7-12(18)9-14(15)19/h2-9,11H,10H2,1H3,(H,20,21). The third kappa shape index (κ3) is 5.54. The maximum Gasteiger partial charge on any atom is 0.347 e. The smallest absolute Gasteiger partial charge is 0.347 e. The number of anilines is 1. The summed E-state index contributed by atoms with van der Waals surface area (Å²) in [6, 6.07) is 13.9. The van der Waals surface area contributed by atoms with Gasteiger partial charge in [-0.3, -0.25) is 4.79 Å². The molecule has 7 heteroatoms. The van der Waals surface area contributed by atoms with Gasteiger partial charge in [-0.15, -0.1) is 0 Å². The molecule has 0 aromatic heterocycles. The number of benzene rings is 2. The molecular formula is C17H15BrClNO4. The van der Waals surface area contributed by atoms with Gasteiger partial charge in [0.05, 0.1) is 10.7 Å². The number of ether oxygens (including phenoxy) is 2. The van der Waals surface area contributed by atoms with Crippen LogP contribution >= 0.6 is 27.5 Å². The van der Waals surface area contributed by atoms with Crippen LogP contribution in [0.15, 0.2) is 53.0 Å². The highest BCUT2D eigenvalue weighted by atomic mass is 79.9. The number of nitrogens with one attached hydrogen (secondary N) is 1. The first-order chi connectivity index (χ1) is 11.5. The molecule has 5 nitrogen and oxygen atoms in total. The predicted molar refractivity (Wildman–Crippen MR) is 95.3 cm³/mol. The van der Waals surface area contributed by atoms with Crippen molar-refractivity contribution < 1.29 is 19.1 Å². The molecule has 2 rings (SSSR count). The van der Waals surface area contributed by atoms with Crippen LogP contribution < -0.4 is 10.1 Å². The summed E-state index contributed by atoms with van der Waals surface area (Å²) in [5.41, 5.74) is 0.439. The highest BCUT2D eigenvalue weighted by Gasteiger charge is 2.18. The van der Waals surface area contributed by atoms with Crippen LogP contribution in [0.25, 0.3) is 0 Å². The molecule has 1 amide bonds. The summed E-state index contributed by atoms with van der Waals surface area (Å²) in [4.78, 5) is 23.7. The lowest BCUT2D eigenvalue weighted by atomic mass is 10.3. The number of para-hydroxylation sites is 1. The molecule has 2 aromatic rings. The van der Waals surface area contributed by atoms with E-state index < -0.39 is 24.6 Å². The molecule has 24 heavy (non-hydrogen) atoms. The van der Waals surface area contributed by atoms with Gasteiger partial charge in [0.25, 0.3) is 5.91 Å². The Bertz CT molecular complexity index is 724. The van der Waals surface area contributed by atoms with Crippen LogP contribution in [0.5, 0.6) is 5.75 Å². The Kier molecular flexibility index (Phi) is 6.63. The minimum Gasteiger partial charge on any atom is -0.479 e. The first kappa shape index (κ1) is 18.3. The highest BCUT2D eigenvalue weighted by Crippen LogP contribution is 2.25. The lowest BCUT2D eigenvalue weighted by Gasteiger charge is -2.14. The summed E-state index contributed by atoms with van der Waals surface area (Å²) < 4.78 is 11.2. The van der Waals surface area contributed by atoms with Crippen molar-refractivity contribution in [3.8, 4) is 5.75 Å². The quantitative estimate of drug-likeness (QED) is 0.727. The molecule has 0 saturated heterocycles. The molecule has 0 aliphatic carbocycles. The number of amides is 1. The summed E-state index contributed by atoms with van der Waals surface area (Å²) in [6.07, 6.45) is -0.823. The Morgan fingerprint density at radius 1 is 1.21 bits per heavy atom. The first-order valence-electron chi connectivity index (χ1n) is 7.09. The van der Waals surface area contributed by atoms with E-state index in [0.717, 1.165) is 4.47 Å². The summed E-state index contributed by atoms with van der Waals surface area (Å²) in [6.45, 7) is 1.13. The van der Waals surface area contributed by atoms with E-state index in [2.05, 4.69) is 21.2 Å². The Balaban J connectivity index is 1.81. The van der Waals surface area contributed by atoms with Crippen LogP contribution in [0.1, 0.15) is 6.92 Å². The number of hydrogen-bond acceptors (Lipinski definition) is 4. The second kappa shape index (κ2) is 8.70. The molecule has 0 aliphatic rings. The van der Waals surface area contributed by atoms with Gasteiger partial charge in [0.2, 0.25) is 0 Å². The fourth-order valence-corrected chi connectivity index (χ4v) is 2.50. The first-order valence-corrected chi connectivity index (χ1v) is 8.26. The van der Waals surface area contributed by atoms with E-state index >= 15 is 0 Å². The van der Waals surface area contributed by atoms with E-state index in [1.54, 1.807) is 49.4 Å². The molecule has 0 fully saturated rings. The molecule has 126 valence electrons. The zero-order valence-electron chi connectivity index (χ0n) is 12.8. The van der Waals surface area contributed by atoms with E-state index in [4.69, 9.17) is 21.1 Å². The Hall–Kier alpha value is -2.05. The summed E-state index contributed by atoms with van der Waals surface area (Å²) >= 11 is 9.28. The third-order valence-corrected chi connectivity index (χ3v) is 3.74. The Morgan fingerprint density at radius 2 is 1.92 bits per heavy atom. The van der Waals surface area contributed by atoms with Crippen molar-refractivity contribution in [2.75, 3.05) is 11.9 Å². The van der Waals surface area contributed by atoms with Crippen molar-refractivity contribution >= 4 is 45.1 Å². The van der Waals surface area contributed by atoms with Crippen molar-refractivity contribution in [3.63, 3.8) is 0 Å². The highest BCUT2D eigenvalue weighted by molar-refractivity contribution is 9.10. The van der Waals surface area contributed by atoms with Crippen LogP contribution in [0.4, 0.5) is 5.69 Å². The SMILES string of the molecule is CC(Oc1ccccc1)C(=O)OCC(=O)Nc1ccc(Br)cc1Cl. The molecule has 0 heterocycles. The van der Waals surface area contributed by atoms with E-state index in [1.807, 2.05) is 6.07 Å². The maximum absolute atomic E-state index is 11.9. The van der Waals surface area contributed by atoms with Crippen molar-refractivity contribution in [3.05, 3.63) is 58.0 Å². The van der Waals surface area contributed by atoms with Gasteiger partial charge in [0.1, 0.15) is 5.75 Å². The molecule has 0 spiro atoms. The van der Waals surface area contributed by atoms with E-state index in [0.29, 0.717) is 16.5 Å². The second-order valence-corrected chi connectivity index (χ2v) is 6.18. The van der Waals surface area contributed by atoms with Crippen molar-refractivity contribution in [2.24, 2.45) is 0 Å². The summed E-state index contributed by atoms with van der Waals surface area (Å²) in [7, 11) is 0. The van der Waals surface area contributed by atoms with E-state index in [1.165, 1.54) is 0 Å². The fraction of sp³-hybridized carbons (Fsp3) is 0.176.